The van der Waals surface area contributed by atoms with Crippen LogP contribution in [-0.4, -0.2) is 43.3 Å². The zero-order chi connectivity index (χ0) is 22.6. The highest BCUT2D eigenvalue weighted by atomic mass is 32.2. The Kier molecular flexibility index (Phi) is 6.88. The molecule has 4 rings (SSSR count). The van der Waals surface area contributed by atoms with Gasteiger partial charge in [0.2, 0.25) is 15.9 Å². The average molecular weight is 472 g/mol. The molecule has 1 aromatic heterocycles. The first-order valence-electron chi connectivity index (χ1n) is 10.5. The van der Waals surface area contributed by atoms with Crippen LogP contribution in [0.25, 0.3) is 10.6 Å². The van der Waals surface area contributed by atoms with Crippen molar-refractivity contribution in [1.29, 1.82) is 0 Å². The molecule has 1 fully saturated rings. The van der Waals surface area contributed by atoms with Crippen LogP contribution in [0.1, 0.15) is 25.5 Å². The van der Waals surface area contributed by atoms with Gasteiger partial charge in [-0.1, -0.05) is 12.1 Å². The normalized spacial score (nSPS) is 14.4. The zero-order valence-electron chi connectivity index (χ0n) is 17.8. The van der Waals surface area contributed by atoms with Gasteiger partial charge in [0.15, 0.2) is 0 Å². The average Bonchev–Trinajstić information content (AvgIpc) is 3.48. The van der Waals surface area contributed by atoms with Crippen molar-refractivity contribution in [2.45, 2.75) is 31.1 Å². The van der Waals surface area contributed by atoms with E-state index in [4.69, 9.17) is 4.74 Å². The number of amides is 1. The van der Waals surface area contributed by atoms with Crippen LogP contribution in [0.4, 0.5) is 5.69 Å². The minimum atomic E-state index is -3.46. The quantitative estimate of drug-likeness (QED) is 0.533. The molecule has 7 nitrogen and oxygen atoms in total. The molecule has 32 heavy (non-hydrogen) atoms. The van der Waals surface area contributed by atoms with E-state index < -0.39 is 10.0 Å². The van der Waals surface area contributed by atoms with E-state index in [9.17, 15) is 13.2 Å². The highest BCUT2D eigenvalue weighted by Crippen LogP contribution is 2.32. The van der Waals surface area contributed by atoms with Crippen LogP contribution in [0.2, 0.25) is 0 Å². The number of rotatable bonds is 8. The molecule has 0 bridgehead atoms. The largest absolute Gasteiger partial charge is 0.493 e. The van der Waals surface area contributed by atoms with E-state index in [0.717, 1.165) is 29.2 Å². The van der Waals surface area contributed by atoms with Crippen LogP contribution in [0.3, 0.4) is 0 Å². The molecule has 1 aliphatic rings. The number of para-hydroxylation sites is 1. The Bertz CT molecular complexity index is 1180. The fourth-order valence-electron chi connectivity index (χ4n) is 3.59. The Labute approximate surface area is 192 Å². The lowest BCUT2D eigenvalue weighted by molar-refractivity contribution is -0.115. The van der Waals surface area contributed by atoms with Gasteiger partial charge in [-0.05, 0) is 56.2 Å². The molecule has 1 N–H and O–H groups in total. The predicted octanol–water partition coefficient (Wildman–Crippen LogP) is 4.17. The predicted molar refractivity (Wildman–Crippen MR) is 125 cm³/mol. The van der Waals surface area contributed by atoms with Crippen molar-refractivity contribution in [3.63, 3.8) is 0 Å². The zero-order valence-corrected chi connectivity index (χ0v) is 19.4. The van der Waals surface area contributed by atoms with Crippen LogP contribution in [0.5, 0.6) is 5.75 Å². The first kappa shape index (κ1) is 22.4. The summed E-state index contributed by atoms with van der Waals surface area (Å²) in [5, 5.41) is 5.48. The molecule has 0 atom stereocenters. The minimum absolute atomic E-state index is 0.126. The summed E-state index contributed by atoms with van der Waals surface area (Å²) in [7, 11) is -3.46. The van der Waals surface area contributed by atoms with Crippen molar-refractivity contribution in [3.05, 3.63) is 59.6 Å². The first-order chi connectivity index (χ1) is 15.5. The third-order valence-electron chi connectivity index (χ3n) is 5.15. The number of sulfonamides is 1. The maximum atomic E-state index is 12.6. The van der Waals surface area contributed by atoms with Crippen LogP contribution in [0.15, 0.2) is 58.8 Å². The second-order valence-corrected chi connectivity index (χ2v) is 10.2. The summed E-state index contributed by atoms with van der Waals surface area (Å²) >= 11 is 1.47. The number of anilines is 1. The molecular formula is C23H25N3O4S2. The molecule has 3 aromatic rings. The van der Waals surface area contributed by atoms with E-state index in [2.05, 4.69) is 10.3 Å². The van der Waals surface area contributed by atoms with Gasteiger partial charge < -0.3 is 10.1 Å². The fourth-order valence-corrected chi connectivity index (χ4v) is 5.96. The number of ether oxygens (including phenoxy) is 1. The van der Waals surface area contributed by atoms with E-state index in [1.807, 2.05) is 36.6 Å². The van der Waals surface area contributed by atoms with Gasteiger partial charge in [0.25, 0.3) is 0 Å². The Morgan fingerprint density at radius 2 is 1.84 bits per heavy atom. The van der Waals surface area contributed by atoms with Crippen LogP contribution in [0, 0.1) is 0 Å². The van der Waals surface area contributed by atoms with E-state index in [1.54, 1.807) is 12.1 Å². The van der Waals surface area contributed by atoms with Gasteiger partial charge in [0.1, 0.15) is 10.8 Å². The number of aromatic nitrogens is 1. The number of benzene rings is 2. The SMILES string of the molecule is CCOc1ccccc1-c1nc(CC(=O)Nc2ccc(S(=O)(=O)N3CCCC3)cc2)cs1. The summed E-state index contributed by atoms with van der Waals surface area (Å²) in [4.78, 5) is 17.3. The molecule has 9 heteroatoms. The molecule has 1 saturated heterocycles. The maximum Gasteiger partial charge on any atom is 0.243 e. The second-order valence-electron chi connectivity index (χ2n) is 7.43. The summed E-state index contributed by atoms with van der Waals surface area (Å²) in [5.74, 6) is 0.555. The molecule has 0 unspecified atom stereocenters. The summed E-state index contributed by atoms with van der Waals surface area (Å²) < 4.78 is 32.4. The number of nitrogens with one attached hydrogen (secondary N) is 1. The van der Waals surface area contributed by atoms with Crippen molar-refractivity contribution in [2.24, 2.45) is 0 Å². The molecule has 168 valence electrons. The van der Waals surface area contributed by atoms with Gasteiger partial charge in [-0.25, -0.2) is 13.4 Å². The molecule has 1 aliphatic heterocycles. The van der Waals surface area contributed by atoms with Crippen LogP contribution in [-0.2, 0) is 21.2 Å². The van der Waals surface area contributed by atoms with E-state index >= 15 is 0 Å². The van der Waals surface area contributed by atoms with Gasteiger partial charge in [-0.15, -0.1) is 11.3 Å². The molecule has 0 spiro atoms. The topological polar surface area (TPSA) is 88.6 Å². The van der Waals surface area contributed by atoms with Crippen LogP contribution >= 0.6 is 11.3 Å². The first-order valence-corrected chi connectivity index (χ1v) is 12.9. The molecule has 0 radical (unpaired) electrons. The van der Waals surface area contributed by atoms with Gasteiger partial charge in [-0.3, -0.25) is 4.79 Å². The Morgan fingerprint density at radius 3 is 2.56 bits per heavy atom. The highest BCUT2D eigenvalue weighted by molar-refractivity contribution is 7.89. The van der Waals surface area contributed by atoms with Gasteiger partial charge >= 0.3 is 0 Å². The van der Waals surface area contributed by atoms with Crippen molar-refractivity contribution in [2.75, 3.05) is 25.0 Å². The summed E-state index contributed by atoms with van der Waals surface area (Å²) in [6, 6.07) is 14.0. The van der Waals surface area contributed by atoms with Gasteiger partial charge in [0, 0.05) is 24.2 Å². The third kappa shape index (κ3) is 5.01. The van der Waals surface area contributed by atoms with Gasteiger partial charge in [0.05, 0.1) is 29.2 Å². The Hall–Kier alpha value is -2.75. The van der Waals surface area contributed by atoms with Crippen molar-refractivity contribution < 1.29 is 17.9 Å². The lowest BCUT2D eigenvalue weighted by Crippen LogP contribution is -2.27. The highest BCUT2D eigenvalue weighted by Gasteiger charge is 2.27. The van der Waals surface area contributed by atoms with E-state index in [0.29, 0.717) is 31.1 Å². The number of carbonyl (C=O) groups is 1. The van der Waals surface area contributed by atoms with E-state index in [-0.39, 0.29) is 17.2 Å². The lowest BCUT2D eigenvalue weighted by atomic mass is 10.2. The second kappa shape index (κ2) is 9.81. The molecule has 0 aliphatic carbocycles. The van der Waals surface area contributed by atoms with Crippen molar-refractivity contribution in [3.8, 4) is 16.3 Å². The van der Waals surface area contributed by atoms with E-state index in [1.165, 1.54) is 27.8 Å². The Morgan fingerprint density at radius 1 is 1.12 bits per heavy atom. The monoisotopic (exact) mass is 471 g/mol. The van der Waals surface area contributed by atoms with Crippen LogP contribution < -0.4 is 10.1 Å². The summed E-state index contributed by atoms with van der Waals surface area (Å²) in [6.45, 7) is 3.62. The summed E-state index contributed by atoms with van der Waals surface area (Å²) in [5.41, 5.74) is 2.12. The molecule has 2 aromatic carbocycles. The maximum absolute atomic E-state index is 12.6. The smallest absolute Gasteiger partial charge is 0.243 e. The molecule has 2 heterocycles. The minimum Gasteiger partial charge on any atom is -0.493 e. The number of hydrogen-bond donors (Lipinski definition) is 1. The van der Waals surface area contributed by atoms with Gasteiger partial charge in [-0.2, -0.15) is 4.31 Å². The lowest BCUT2D eigenvalue weighted by Gasteiger charge is -2.15. The fraction of sp³-hybridized carbons (Fsp3) is 0.304. The Balaban J connectivity index is 1.39. The number of nitrogens with zero attached hydrogens (tertiary/aromatic N) is 2. The standard InChI is InChI=1S/C23H25N3O4S2/c1-2-30-21-8-4-3-7-20(21)23-25-18(16-31-23)15-22(27)24-17-9-11-19(12-10-17)32(28,29)26-13-5-6-14-26/h3-4,7-12,16H,2,5-6,13-15H2,1H3,(H,24,27). The van der Waals surface area contributed by atoms with Crippen molar-refractivity contribution in [1.82, 2.24) is 9.29 Å². The molecule has 0 saturated carbocycles. The summed E-state index contributed by atoms with van der Waals surface area (Å²) in [6.07, 6.45) is 1.91. The number of thiazole rings is 1. The van der Waals surface area contributed by atoms with Crippen molar-refractivity contribution >= 4 is 33.0 Å². The molecule has 1 amide bonds. The number of hydrogen-bond acceptors (Lipinski definition) is 6. The molecular weight excluding hydrogens is 446 g/mol. The third-order valence-corrected chi connectivity index (χ3v) is 7.99. The number of carbonyl (C=O) groups excluding carboxylic acids is 1.